The van der Waals surface area contributed by atoms with E-state index < -0.39 is 11.6 Å². The number of hydrogen-bond donors (Lipinski definition) is 3. The van der Waals surface area contributed by atoms with Crippen molar-refractivity contribution >= 4 is 28.1 Å². The van der Waals surface area contributed by atoms with Crippen LogP contribution in [0, 0.1) is 11.6 Å². The molecular formula is C26H25F2N5O2. The summed E-state index contributed by atoms with van der Waals surface area (Å²) in [7, 11) is 0. The molecule has 3 N–H and O–H groups in total. The maximum Gasteiger partial charge on any atom is 0.259 e. The molecule has 5 rings (SSSR count). The second kappa shape index (κ2) is 9.42. The molecule has 0 atom stereocenters. The summed E-state index contributed by atoms with van der Waals surface area (Å²) in [4.78, 5) is 26.7. The van der Waals surface area contributed by atoms with Gasteiger partial charge in [0.1, 0.15) is 17.5 Å². The maximum absolute atomic E-state index is 14.6. The quantitative estimate of drug-likeness (QED) is 0.391. The molecule has 0 spiro atoms. The Morgan fingerprint density at radius 1 is 1.17 bits per heavy atom. The van der Waals surface area contributed by atoms with Crippen molar-refractivity contribution < 1.29 is 13.9 Å². The van der Waals surface area contributed by atoms with Crippen LogP contribution in [0.25, 0.3) is 22.2 Å². The molecule has 4 aromatic rings. The molecule has 0 saturated carbocycles. The topological polar surface area (TPSA) is 94.1 Å². The predicted molar refractivity (Wildman–Crippen MR) is 132 cm³/mol. The molecule has 0 amide bonds. The molecule has 1 fully saturated rings. The first kappa shape index (κ1) is 22.9. The average Bonchev–Trinajstić information content (AvgIpc) is 2.85. The number of aliphatic hydroxyl groups excluding tert-OH is 1. The van der Waals surface area contributed by atoms with Gasteiger partial charge < -0.3 is 20.3 Å². The van der Waals surface area contributed by atoms with Gasteiger partial charge in [0.05, 0.1) is 45.8 Å². The highest BCUT2D eigenvalue weighted by atomic mass is 19.1. The molecule has 35 heavy (non-hydrogen) atoms. The second-order valence-electron chi connectivity index (χ2n) is 8.62. The number of aromatic nitrogens is 3. The van der Waals surface area contributed by atoms with Crippen molar-refractivity contribution in [3.8, 4) is 11.3 Å². The summed E-state index contributed by atoms with van der Waals surface area (Å²) < 4.78 is 29.2. The molecule has 9 heteroatoms. The van der Waals surface area contributed by atoms with E-state index >= 15 is 0 Å². The van der Waals surface area contributed by atoms with Crippen molar-refractivity contribution in [2.24, 2.45) is 0 Å². The van der Waals surface area contributed by atoms with E-state index in [1.807, 2.05) is 13.0 Å². The number of aliphatic hydroxyl groups is 1. The van der Waals surface area contributed by atoms with Gasteiger partial charge in [0.15, 0.2) is 0 Å². The summed E-state index contributed by atoms with van der Waals surface area (Å²) >= 11 is 0. The van der Waals surface area contributed by atoms with E-state index in [2.05, 4.69) is 25.2 Å². The Labute approximate surface area is 200 Å². The van der Waals surface area contributed by atoms with Gasteiger partial charge in [-0.15, -0.1) is 0 Å². The summed E-state index contributed by atoms with van der Waals surface area (Å²) in [5.74, 6) is -1.00. The molecule has 1 saturated heterocycles. The van der Waals surface area contributed by atoms with Gasteiger partial charge in [-0.2, -0.15) is 0 Å². The summed E-state index contributed by atoms with van der Waals surface area (Å²) in [6.45, 7) is 3.41. The number of piperidine rings is 1. The van der Waals surface area contributed by atoms with Crippen LogP contribution >= 0.6 is 0 Å². The fourth-order valence-electron chi connectivity index (χ4n) is 4.45. The first-order chi connectivity index (χ1) is 16.9. The summed E-state index contributed by atoms with van der Waals surface area (Å²) in [5.41, 5.74) is 1.87. The van der Waals surface area contributed by atoms with E-state index in [9.17, 15) is 18.7 Å². The van der Waals surface area contributed by atoms with Crippen LogP contribution in [-0.2, 0) is 6.42 Å². The zero-order valence-corrected chi connectivity index (χ0v) is 19.2. The smallest absolute Gasteiger partial charge is 0.259 e. The number of rotatable bonds is 5. The van der Waals surface area contributed by atoms with Gasteiger partial charge in [-0.3, -0.25) is 4.79 Å². The van der Waals surface area contributed by atoms with E-state index in [4.69, 9.17) is 0 Å². The van der Waals surface area contributed by atoms with Crippen LogP contribution in [0.4, 0.5) is 26.0 Å². The van der Waals surface area contributed by atoms with Gasteiger partial charge in [-0.05, 0) is 55.2 Å². The predicted octanol–water partition coefficient (Wildman–Crippen LogP) is 4.53. The lowest BCUT2D eigenvalue weighted by Crippen LogP contribution is -2.35. The van der Waals surface area contributed by atoms with Crippen molar-refractivity contribution in [1.82, 2.24) is 15.0 Å². The SMILES string of the molecule is CCc1c[nH]c(=O)c2c(Nc3ccc(N4CCC(O)CC4)cn3)cc(-c3c(F)cccc3F)nc12. The maximum atomic E-state index is 14.6. The second-order valence-corrected chi connectivity index (χ2v) is 8.62. The van der Waals surface area contributed by atoms with E-state index in [-0.39, 0.29) is 22.9 Å². The number of fused-ring (bicyclic) bond motifs is 1. The number of pyridine rings is 3. The Morgan fingerprint density at radius 3 is 2.57 bits per heavy atom. The molecule has 3 aromatic heterocycles. The minimum atomic E-state index is -0.736. The molecule has 4 heterocycles. The van der Waals surface area contributed by atoms with Gasteiger partial charge in [0, 0.05) is 19.3 Å². The normalized spacial score (nSPS) is 14.5. The summed E-state index contributed by atoms with van der Waals surface area (Å²) in [6, 6.07) is 8.82. The number of aryl methyl sites for hydroxylation is 1. The van der Waals surface area contributed by atoms with Crippen LogP contribution in [0.15, 0.2) is 53.6 Å². The molecule has 0 radical (unpaired) electrons. The minimum Gasteiger partial charge on any atom is -0.393 e. The monoisotopic (exact) mass is 477 g/mol. The molecule has 1 aliphatic heterocycles. The van der Waals surface area contributed by atoms with Crippen molar-refractivity contribution in [1.29, 1.82) is 0 Å². The van der Waals surface area contributed by atoms with Crippen LogP contribution in [-0.4, -0.2) is 39.3 Å². The molecular weight excluding hydrogens is 452 g/mol. The van der Waals surface area contributed by atoms with Crippen LogP contribution < -0.4 is 15.8 Å². The van der Waals surface area contributed by atoms with E-state index in [1.54, 1.807) is 18.5 Å². The zero-order valence-electron chi connectivity index (χ0n) is 19.2. The largest absolute Gasteiger partial charge is 0.393 e. The number of nitrogens with one attached hydrogen (secondary N) is 2. The Bertz CT molecular complexity index is 1410. The van der Waals surface area contributed by atoms with Crippen LogP contribution in [0.2, 0.25) is 0 Å². The van der Waals surface area contributed by atoms with Gasteiger partial charge in [0.25, 0.3) is 5.56 Å². The van der Waals surface area contributed by atoms with Crippen LogP contribution in [0.5, 0.6) is 0 Å². The molecule has 0 aliphatic carbocycles. The van der Waals surface area contributed by atoms with Crippen LogP contribution in [0.1, 0.15) is 25.3 Å². The Kier molecular flexibility index (Phi) is 6.17. The Balaban J connectivity index is 1.58. The van der Waals surface area contributed by atoms with Crippen molar-refractivity contribution in [3.63, 3.8) is 0 Å². The number of halogens is 2. The lowest BCUT2D eigenvalue weighted by Gasteiger charge is -2.31. The van der Waals surface area contributed by atoms with Gasteiger partial charge in [-0.1, -0.05) is 13.0 Å². The molecule has 7 nitrogen and oxygen atoms in total. The van der Waals surface area contributed by atoms with Crippen molar-refractivity contribution in [2.75, 3.05) is 23.3 Å². The number of hydrogen-bond acceptors (Lipinski definition) is 6. The van der Waals surface area contributed by atoms with Crippen molar-refractivity contribution in [3.05, 3.63) is 76.3 Å². The first-order valence-electron chi connectivity index (χ1n) is 11.6. The number of H-pyrrole nitrogens is 1. The average molecular weight is 478 g/mol. The lowest BCUT2D eigenvalue weighted by molar-refractivity contribution is 0.145. The van der Waals surface area contributed by atoms with E-state index in [1.165, 1.54) is 24.3 Å². The fraction of sp³-hybridized carbons (Fsp3) is 0.269. The number of nitrogens with zero attached hydrogens (tertiary/aromatic N) is 3. The summed E-state index contributed by atoms with van der Waals surface area (Å²) in [6.07, 6.45) is 5.02. The van der Waals surface area contributed by atoms with Crippen LogP contribution in [0.3, 0.4) is 0 Å². The first-order valence-corrected chi connectivity index (χ1v) is 11.6. The highest BCUT2D eigenvalue weighted by molar-refractivity contribution is 5.96. The molecule has 1 aliphatic rings. The lowest BCUT2D eigenvalue weighted by atomic mass is 10.0. The molecule has 1 aromatic carbocycles. The number of anilines is 3. The molecule has 180 valence electrons. The third kappa shape index (κ3) is 4.46. The third-order valence-electron chi connectivity index (χ3n) is 6.37. The highest BCUT2D eigenvalue weighted by Crippen LogP contribution is 2.32. The van der Waals surface area contributed by atoms with Crippen molar-refractivity contribution in [2.45, 2.75) is 32.3 Å². The Morgan fingerprint density at radius 2 is 1.91 bits per heavy atom. The zero-order chi connectivity index (χ0) is 24.5. The minimum absolute atomic E-state index is 0.0828. The third-order valence-corrected chi connectivity index (χ3v) is 6.37. The van der Waals surface area contributed by atoms with Gasteiger partial charge in [0.2, 0.25) is 0 Å². The fourth-order valence-corrected chi connectivity index (χ4v) is 4.45. The molecule has 0 unspecified atom stereocenters. The van der Waals surface area contributed by atoms with Gasteiger partial charge >= 0.3 is 0 Å². The highest BCUT2D eigenvalue weighted by Gasteiger charge is 2.20. The standard InChI is InChI=1S/C26H25F2N5O2/c1-2-15-13-30-26(35)24-21(12-20(32-25(15)24)23-18(27)4-3-5-19(23)28)31-22-7-6-16(14-29-22)33-10-8-17(34)9-11-33/h3-7,12-14,17,34H,2,8-11H2,1H3,(H,30,35)(H,29,31,32). The van der Waals surface area contributed by atoms with E-state index in [0.717, 1.165) is 24.3 Å². The van der Waals surface area contributed by atoms with Gasteiger partial charge in [-0.25, -0.2) is 18.7 Å². The number of aromatic amines is 1. The Hall–Kier alpha value is -3.85. The van der Waals surface area contributed by atoms with E-state index in [0.29, 0.717) is 41.7 Å². The summed E-state index contributed by atoms with van der Waals surface area (Å²) in [5, 5.41) is 13.2. The molecule has 0 bridgehead atoms. The number of benzene rings is 1.